The number of nitrogens with zero attached hydrogens (tertiary/aromatic N) is 2. The van der Waals surface area contributed by atoms with E-state index in [9.17, 15) is 0 Å². The molecule has 1 atom stereocenters. The van der Waals surface area contributed by atoms with Gasteiger partial charge in [0.05, 0.1) is 6.04 Å². The lowest BCUT2D eigenvalue weighted by Gasteiger charge is -2.06. The summed E-state index contributed by atoms with van der Waals surface area (Å²) in [5.74, 6) is 0.891. The van der Waals surface area contributed by atoms with Crippen molar-refractivity contribution < 1.29 is 0 Å². The molecule has 0 fully saturated rings. The monoisotopic (exact) mass is 140 g/mol. The molecule has 0 radical (unpaired) electrons. The van der Waals surface area contributed by atoms with Gasteiger partial charge in [0, 0.05) is 0 Å². The van der Waals surface area contributed by atoms with Crippen LogP contribution in [0.5, 0.6) is 0 Å². The van der Waals surface area contributed by atoms with Crippen molar-refractivity contribution in [1.82, 2.24) is 20.5 Å². The van der Waals surface area contributed by atoms with E-state index in [2.05, 4.69) is 27.4 Å². The lowest BCUT2D eigenvalue weighted by molar-refractivity contribution is 0.568. The highest BCUT2D eigenvalue weighted by molar-refractivity contribution is 4.87. The first-order chi connectivity index (χ1) is 4.84. The molecule has 4 nitrogen and oxygen atoms in total. The van der Waals surface area contributed by atoms with Crippen LogP contribution < -0.4 is 5.32 Å². The summed E-state index contributed by atoms with van der Waals surface area (Å²) in [5, 5.41) is 9.76. The molecule has 1 rings (SSSR count). The van der Waals surface area contributed by atoms with E-state index in [1.807, 2.05) is 6.92 Å². The first-order valence-corrected chi connectivity index (χ1v) is 3.43. The van der Waals surface area contributed by atoms with E-state index in [4.69, 9.17) is 0 Å². The molecule has 1 aromatic rings. The molecule has 0 spiro atoms. The van der Waals surface area contributed by atoms with Gasteiger partial charge in [0.1, 0.15) is 12.2 Å². The van der Waals surface area contributed by atoms with Crippen molar-refractivity contribution in [2.45, 2.75) is 19.9 Å². The Morgan fingerprint density at radius 1 is 1.80 bits per heavy atom. The molecule has 4 heteroatoms. The summed E-state index contributed by atoms with van der Waals surface area (Å²) < 4.78 is 0. The van der Waals surface area contributed by atoms with Crippen molar-refractivity contribution in [2.24, 2.45) is 0 Å². The van der Waals surface area contributed by atoms with Crippen LogP contribution in [0.4, 0.5) is 0 Å². The largest absolute Gasteiger partial charge is 0.308 e. The smallest absolute Gasteiger partial charge is 0.141 e. The van der Waals surface area contributed by atoms with Gasteiger partial charge in [-0.05, 0) is 13.5 Å². The van der Waals surface area contributed by atoms with Crippen LogP contribution in [0.3, 0.4) is 0 Å². The first-order valence-electron chi connectivity index (χ1n) is 3.43. The average molecular weight is 140 g/mol. The molecule has 1 unspecified atom stereocenters. The Balaban J connectivity index is 2.50. The number of aromatic amines is 1. The van der Waals surface area contributed by atoms with E-state index < -0.39 is 0 Å². The molecule has 2 N–H and O–H groups in total. The van der Waals surface area contributed by atoms with Crippen molar-refractivity contribution in [2.75, 3.05) is 6.54 Å². The van der Waals surface area contributed by atoms with Gasteiger partial charge in [-0.2, -0.15) is 5.10 Å². The van der Waals surface area contributed by atoms with Crippen LogP contribution in [0.25, 0.3) is 0 Å². The molecule has 0 aromatic carbocycles. The SMILES string of the molecule is CCNC(C)c1ncn[nH]1. The van der Waals surface area contributed by atoms with Gasteiger partial charge in [-0.3, -0.25) is 5.10 Å². The van der Waals surface area contributed by atoms with E-state index in [-0.39, 0.29) is 6.04 Å². The highest BCUT2D eigenvalue weighted by atomic mass is 15.2. The van der Waals surface area contributed by atoms with Crippen molar-refractivity contribution >= 4 is 0 Å². The maximum atomic E-state index is 4.01. The number of nitrogens with one attached hydrogen (secondary N) is 2. The Hall–Kier alpha value is -0.900. The zero-order chi connectivity index (χ0) is 7.40. The fraction of sp³-hybridized carbons (Fsp3) is 0.667. The van der Waals surface area contributed by atoms with Gasteiger partial charge in [-0.15, -0.1) is 0 Å². The fourth-order valence-electron chi connectivity index (χ4n) is 0.826. The van der Waals surface area contributed by atoms with Crippen molar-refractivity contribution in [3.8, 4) is 0 Å². The second kappa shape index (κ2) is 3.31. The number of hydrogen-bond acceptors (Lipinski definition) is 3. The molecular formula is C6H12N4. The normalized spacial score (nSPS) is 13.4. The van der Waals surface area contributed by atoms with E-state index >= 15 is 0 Å². The quantitative estimate of drug-likeness (QED) is 0.642. The maximum Gasteiger partial charge on any atom is 0.141 e. The molecule has 0 aliphatic carbocycles. The summed E-state index contributed by atoms with van der Waals surface area (Å²) in [5.41, 5.74) is 0. The van der Waals surface area contributed by atoms with Crippen molar-refractivity contribution in [3.05, 3.63) is 12.2 Å². The van der Waals surface area contributed by atoms with Crippen molar-refractivity contribution in [1.29, 1.82) is 0 Å². The zero-order valence-electron chi connectivity index (χ0n) is 6.26. The van der Waals surface area contributed by atoms with E-state index in [1.54, 1.807) is 0 Å². The minimum absolute atomic E-state index is 0.271. The van der Waals surface area contributed by atoms with Gasteiger partial charge in [0.2, 0.25) is 0 Å². The lowest BCUT2D eigenvalue weighted by Crippen LogP contribution is -2.18. The predicted molar refractivity (Wildman–Crippen MR) is 38.5 cm³/mol. The average Bonchev–Trinajstić information content (AvgIpc) is 2.38. The molecule has 0 saturated carbocycles. The summed E-state index contributed by atoms with van der Waals surface area (Å²) in [6.45, 7) is 5.05. The van der Waals surface area contributed by atoms with Gasteiger partial charge in [0.15, 0.2) is 0 Å². The van der Waals surface area contributed by atoms with Gasteiger partial charge in [0.25, 0.3) is 0 Å². The molecule has 0 saturated heterocycles. The molecule has 0 bridgehead atoms. The lowest BCUT2D eigenvalue weighted by atomic mass is 10.3. The molecule has 1 aromatic heterocycles. The topological polar surface area (TPSA) is 53.6 Å². The van der Waals surface area contributed by atoms with Gasteiger partial charge < -0.3 is 5.32 Å². The fourth-order valence-corrected chi connectivity index (χ4v) is 0.826. The van der Waals surface area contributed by atoms with Crippen LogP contribution >= 0.6 is 0 Å². The molecular weight excluding hydrogens is 128 g/mol. The molecule has 56 valence electrons. The number of rotatable bonds is 3. The highest BCUT2D eigenvalue weighted by Crippen LogP contribution is 2.01. The van der Waals surface area contributed by atoms with E-state index in [1.165, 1.54) is 6.33 Å². The summed E-state index contributed by atoms with van der Waals surface area (Å²) in [6, 6.07) is 0.271. The second-order valence-corrected chi connectivity index (χ2v) is 2.15. The molecule has 10 heavy (non-hydrogen) atoms. The van der Waals surface area contributed by atoms with Crippen LogP contribution in [0.1, 0.15) is 25.7 Å². The number of hydrogen-bond donors (Lipinski definition) is 2. The van der Waals surface area contributed by atoms with Crippen LogP contribution in [-0.4, -0.2) is 21.7 Å². The summed E-state index contributed by atoms with van der Waals surface area (Å²) in [7, 11) is 0. The maximum absolute atomic E-state index is 4.01. The first kappa shape index (κ1) is 7.21. The third kappa shape index (κ3) is 1.54. The number of H-pyrrole nitrogens is 1. The predicted octanol–water partition coefficient (Wildman–Crippen LogP) is 0.475. The van der Waals surface area contributed by atoms with Crippen LogP contribution in [-0.2, 0) is 0 Å². The molecule has 0 aliphatic heterocycles. The minimum atomic E-state index is 0.271. The van der Waals surface area contributed by atoms with Crippen LogP contribution in [0.2, 0.25) is 0 Å². The summed E-state index contributed by atoms with van der Waals surface area (Å²) in [6.07, 6.45) is 1.52. The van der Waals surface area contributed by atoms with E-state index in [0.717, 1.165) is 12.4 Å². The van der Waals surface area contributed by atoms with Crippen molar-refractivity contribution in [3.63, 3.8) is 0 Å². The Bertz CT molecular complexity index is 170. The minimum Gasteiger partial charge on any atom is -0.308 e. The summed E-state index contributed by atoms with van der Waals surface area (Å²) in [4.78, 5) is 4.01. The Morgan fingerprint density at radius 2 is 2.60 bits per heavy atom. The van der Waals surface area contributed by atoms with Gasteiger partial charge in [-0.1, -0.05) is 6.92 Å². The third-order valence-electron chi connectivity index (χ3n) is 1.35. The summed E-state index contributed by atoms with van der Waals surface area (Å²) >= 11 is 0. The van der Waals surface area contributed by atoms with Crippen LogP contribution in [0.15, 0.2) is 6.33 Å². The molecule has 0 amide bonds. The van der Waals surface area contributed by atoms with Crippen LogP contribution in [0, 0.1) is 0 Å². The Kier molecular flexibility index (Phi) is 2.39. The molecule has 0 aliphatic rings. The van der Waals surface area contributed by atoms with Gasteiger partial charge >= 0.3 is 0 Å². The standard InChI is InChI=1S/C6H12N4/c1-3-7-5(2)6-8-4-9-10-6/h4-5,7H,3H2,1-2H3,(H,8,9,10). The second-order valence-electron chi connectivity index (χ2n) is 2.15. The Labute approximate surface area is 60.1 Å². The van der Waals surface area contributed by atoms with Gasteiger partial charge in [-0.25, -0.2) is 4.98 Å². The number of aromatic nitrogens is 3. The highest BCUT2D eigenvalue weighted by Gasteiger charge is 2.04. The van der Waals surface area contributed by atoms with E-state index in [0.29, 0.717) is 0 Å². The Morgan fingerprint density at radius 3 is 3.10 bits per heavy atom. The zero-order valence-corrected chi connectivity index (χ0v) is 6.26. The molecule has 1 heterocycles. The third-order valence-corrected chi connectivity index (χ3v) is 1.35.